The van der Waals surface area contributed by atoms with Crippen LogP contribution in [-0.2, 0) is 0 Å². The van der Waals surface area contributed by atoms with Crippen LogP contribution in [0.5, 0.6) is 0 Å². The normalized spacial score (nSPS) is 11.3. The van der Waals surface area contributed by atoms with Crippen LogP contribution in [0.2, 0.25) is 5.02 Å². The molecule has 0 spiro atoms. The van der Waals surface area contributed by atoms with Gasteiger partial charge in [0.05, 0.1) is 5.02 Å². The van der Waals surface area contributed by atoms with E-state index in [1.54, 1.807) is 0 Å². The fourth-order valence-corrected chi connectivity index (χ4v) is 2.86. The number of aromatic nitrogens is 2. The third kappa shape index (κ3) is 1.78. The monoisotopic (exact) mass is 293 g/mol. The summed E-state index contributed by atoms with van der Waals surface area (Å²) in [5, 5.41) is 2.86. The number of halogens is 1. The highest BCUT2D eigenvalue weighted by molar-refractivity contribution is 6.33. The van der Waals surface area contributed by atoms with Crippen molar-refractivity contribution in [1.29, 1.82) is 0 Å². The van der Waals surface area contributed by atoms with Gasteiger partial charge < -0.3 is 5.73 Å². The molecule has 4 aromatic rings. The number of hydrogen-bond acceptors (Lipinski definition) is 2. The quantitative estimate of drug-likeness (QED) is 0.565. The number of imidazole rings is 1. The van der Waals surface area contributed by atoms with E-state index in [0.717, 1.165) is 27.7 Å². The van der Waals surface area contributed by atoms with Crippen molar-refractivity contribution in [1.82, 2.24) is 9.38 Å². The number of fused-ring (bicyclic) bond motifs is 3. The molecule has 0 radical (unpaired) electrons. The molecule has 4 heteroatoms. The van der Waals surface area contributed by atoms with Crippen molar-refractivity contribution in [2.75, 3.05) is 5.73 Å². The minimum absolute atomic E-state index is 0.601. The van der Waals surface area contributed by atoms with Gasteiger partial charge in [-0.15, -0.1) is 0 Å². The molecule has 2 heterocycles. The Morgan fingerprint density at radius 3 is 2.57 bits per heavy atom. The minimum Gasteiger partial charge on any atom is -0.383 e. The van der Waals surface area contributed by atoms with E-state index in [9.17, 15) is 0 Å². The summed E-state index contributed by atoms with van der Waals surface area (Å²) in [6.07, 6.45) is 1.94. The SMILES string of the molecule is Nc1c(-c2ccccc2Cl)nc2c3ccccc3ccn12. The van der Waals surface area contributed by atoms with Gasteiger partial charge in [0.1, 0.15) is 17.2 Å². The number of nitrogens with zero attached hydrogens (tertiary/aromatic N) is 2. The summed E-state index contributed by atoms with van der Waals surface area (Å²) in [4.78, 5) is 4.72. The van der Waals surface area contributed by atoms with Gasteiger partial charge in [-0.25, -0.2) is 4.98 Å². The molecule has 0 aliphatic heterocycles. The van der Waals surface area contributed by atoms with Crippen molar-refractivity contribution < 1.29 is 0 Å². The molecule has 2 N–H and O–H groups in total. The number of nitrogens with two attached hydrogens (primary N) is 1. The molecule has 102 valence electrons. The maximum absolute atomic E-state index is 6.27. The first-order chi connectivity index (χ1) is 10.3. The highest BCUT2D eigenvalue weighted by Gasteiger charge is 2.15. The van der Waals surface area contributed by atoms with Crippen molar-refractivity contribution in [3.8, 4) is 11.3 Å². The zero-order chi connectivity index (χ0) is 14.4. The third-order valence-electron chi connectivity index (χ3n) is 3.68. The summed E-state index contributed by atoms with van der Waals surface area (Å²) in [7, 11) is 0. The summed E-state index contributed by atoms with van der Waals surface area (Å²) in [6, 6.07) is 17.8. The largest absolute Gasteiger partial charge is 0.383 e. The Morgan fingerprint density at radius 2 is 1.71 bits per heavy atom. The number of pyridine rings is 1. The van der Waals surface area contributed by atoms with E-state index in [0.29, 0.717) is 10.8 Å². The van der Waals surface area contributed by atoms with Gasteiger partial charge in [0.2, 0.25) is 0 Å². The van der Waals surface area contributed by atoms with Crippen LogP contribution in [0.25, 0.3) is 27.7 Å². The maximum atomic E-state index is 6.27. The first-order valence-electron chi connectivity index (χ1n) is 6.66. The molecule has 4 rings (SSSR count). The second-order valence-electron chi connectivity index (χ2n) is 4.92. The van der Waals surface area contributed by atoms with Crippen molar-refractivity contribution in [2.24, 2.45) is 0 Å². The van der Waals surface area contributed by atoms with Crippen LogP contribution in [-0.4, -0.2) is 9.38 Å². The van der Waals surface area contributed by atoms with Crippen molar-refractivity contribution in [3.63, 3.8) is 0 Å². The Bertz CT molecular complexity index is 972. The standard InChI is InChI=1S/C17H12ClN3/c18-14-8-4-3-7-13(14)15-16(19)21-10-9-11-5-1-2-6-12(11)17(21)20-15/h1-10H,19H2. The second-order valence-corrected chi connectivity index (χ2v) is 5.33. The van der Waals surface area contributed by atoms with Crippen LogP contribution in [0.4, 0.5) is 5.82 Å². The molecule has 0 bridgehead atoms. The van der Waals surface area contributed by atoms with E-state index >= 15 is 0 Å². The molecule has 0 atom stereocenters. The van der Waals surface area contributed by atoms with Gasteiger partial charge in [-0.1, -0.05) is 54.1 Å². The van der Waals surface area contributed by atoms with Crippen LogP contribution in [0, 0.1) is 0 Å². The van der Waals surface area contributed by atoms with Crippen LogP contribution < -0.4 is 5.73 Å². The number of hydrogen-bond donors (Lipinski definition) is 1. The Morgan fingerprint density at radius 1 is 0.952 bits per heavy atom. The van der Waals surface area contributed by atoms with E-state index in [2.05, 4.69) is 6.07 Å². The zero-order valence-electron chi connectivity index (χ0n) is 11.1. The molecular formula is C17H12ClN3. The average molecular weight is 294 g/mol. The van der Waals surface area contributed by atoms with Gasteiger partial charge in [0, 0.05) is 17.1 Å². The molecule has 21 heavy (non-hydrogen) atoms. The van der Waals surface area contributed by atoms with Gasteiger partial charge in [-0.2, -0.15) is 0 Å². The predicted molar refractivity (Wildman–Crippen MR) is 87.6 cm³/mol. The molecule has 0 aliphatic rings. The van der Waals surface area contributed by atoms with E-state index in [4.69, 9.17) is 22.3 Å². The smallest absolute Gasteiger partial charge is 0.147 e. The maximum Gasteiger partial charge on any atom is 0.147 e. The molecule has 0 aliphatic carbocycles. The van der Waals surface area contributed by atoms with Crippen molar-refractivity contribution >= 4 is 33.8 Å². The summed E-state index contributed by atoms with van der Waals surface area (Å²) >= 11 is 6.27. The first kappa shape index (κ1) is 12.2. The summed E-state index contributed by atoms with van der Waals surface area (Å²) < 4.78 is 1.90. The molecular weight excluding hydrogens is 282 g/mol. The molecule has 0 fully saturated rings. The molecule has 0 amide bonds. The molecule has 0 saturated heterocycles. The fraction of sp³-hybridized carbons (Fsp3) is 0. The lowest BCUT2D eigenvalue weighted by Crippen LogP contribution is -1.94. The molecule has 2 aromatic heterocycles. The van der Waals surface area contributed by atoms with Crippen LogP contribution in [0.3, 0.4) is 0 Å². The van der Waals surface area contributed by atoms with Gasteiger partial charge in [0.25, 0.3) is 0 Å². The fourth-order valence-electron chi connectivity index (χ4n) is 2.64. The van der Waals surface area contributed by atoms with E-state index in [1.165, 1.54) is 0 Å². The van der Waals surface area contributed by atoms with Gasteiger partial charge in [-0.05, 0) is 17.5 Å². The highest BCUT2D eigenvalue weighted by atomic mass is 35.5. The van der Waals surface area contributed by atoms with E-state index in [-0.39, 0.29) is 0 Å². The van der Waals surface area contributed by atoms with Crippen molar-refractivity contribution in [3.05, 3.63) is 65.8 Å². The topological polar surface area (TPSA) is 43.3 Å². The van der Waals surface area contributed by atoms with Crippen LogP contribution in [0.15, 0.2) is 60.8 Å². The van der Waals surface area contributed by atoms with Gasteiger partial charge in [0.15, 0.2) is 0 Å². The van der Waals surface area contributed by atoms with Crippen LogP contribution >= 0.6 is 11.6 Å². The molecule has 0 saturated carbocycles. The van der Waals surface area contributed by atoms with E-state index < -0.39 is 0 Å². The number of nitrogen functional groups attached to an aromatic ring is 1. The zero-order valence-corrected chi connectivity index (χ0v) is 11.9. The van der Waals surface area contributed by atoms with Gasteiger partial charge in [-0.3, -0.25) is 4.40 Å². The average Bonchev–Trinajstić information content (AvgIpc) is 2.85. The Hall–Kier alpha value is -2.52. The second kappa shape index (κ2) is 4.50. The third-order valence-corrected chi connectivity index (χ3v) is 4.01. The summed E-state index contributed by atoms with van der Waals surface area (Å²) in [6.45, 7) is 0. The molecule has 3 nitrogen and oxygen atoms in total. The summed E-state index contributed by atoms with van der Waals surface area (Å²) in [5.41, 5.74) is 8.69. The summed E-state index contributed by atoms with van der Waals surface area (Å²) in [5.74, 6) is 0.601. The first-order valence-corrected chi connectivity index (χ1v) is 7.03. The lowest BCUT2D eigenvalue weighted by atomic mass is 10.1. The van der Waals surface area contributed by atoms with Crippen LogP contribution in [0.1, 0.15) is 0 Å². The molecule has 0 unspecified atom stereocenters. The Balaban J connectivity index is 2.11. The highest BCUT2D eigenvalue weighted by Crippen LogP contribution is 2.33. The minimum atomic E-state index is 0.601. The number of rotatable bonds is 1. The van der Waals surface area contributed by atoms with Crippen molar-refractivity contribution in [2.45, 2.75) is 0 Å². The van der Waals surface area contributed by atoms with Gasteiger partial charge >= 0.3 is 0 Å². The number of anilines is 1. The Kier molecular flexibility index (Phi) is 2.62. The van der Waals surface area contributed by atoms with E-state index in [1.807, 2.05) is 59.1 Å². The molecule has 2 aromatic carbocycles. The lowest BCUT2D eigenvalue weighted by molar-refractivity contribution is 1.21. The predicted octanol–water partition coefficient (Wildman–Crippen LogP) is 4.39. The number of benzene rings is 2. The Labute approximate surface area is 126 Å². The lowest BCUT2D eigenvalue weighted by Gasteiger charge is -2.02.